The number of nitrogens with zero attached hydrogens (tertiary/aromatic N) is 3. The average Bonchev–Trinajstić information content (AvgIpc) is 3.01. The van der Waals surface area contributed by atoms with E-state index in [0.29, 0.717) is 31.5 Å². The van der Waals surface area contributed by atoms with E-state index in [2.05, 4.69) is 10.4 Å². The highest BCUT2D eigenvalue weighted by Crippen LogP contribution is 2.24. The molecule has 0 saturated carbocycles. The Morgan fingerprint density at radius 1 is 1.31 bits per heavy atom. The van der Waals surface area contributed by atoms with Crippen molar-refractivity contribution in [1.82, 2.24) is 20.0 Å². The molecule has 1 aromatic carbocycles. The molecule has 1 saturated heterocycles. The molecule has 1 fully saturated rings. The standard InChI is InChI=1S/C18H22F2N4O2/c1-23-10-14(9-22-23)8-21-12-18(26)5-2-6-24(17(18)25)11-13-3-4-15(19)16(20)7-13/h3-4,7,9-10,21,26H,2,5-6,8,11-12H2,1H3. The monoisotopic (exact) mass is 364 g/mol. The smallest absolute Gasteiger partial charge is 0.256 e. The average molecular weight is 364 g/mol. The van der Waals surface area contributed by atoms with Gasteiger partial charge < -0.3 is 15.3 Å². The minimum Gasteiger partial charge on any atom is -0.379 e. The molecule has 0 radical (unpaired) electrons. The van der Waals surface area contributed by atoms with Gasteiger partial charge >= 0.3 is 0 Å². The Bertz CT molecular complexity index is 795. The number of aryl methyl sites for hydroxylation is 1. The molecule has 0 spiro atoms. The van der Waals surface area contributed by atoms with Crippen molar-refractivity contribution in [2.24, 2.45) is 7.05 Å². The molecule has 6 nitrogen and oxygen atoms in total. The molecule has 26 heavy (non-hydrogen) atoms. The maximum absolute atomic E-state index is 13.4. The van der Waals surface area contributed by atoms with Crippen LogP contribution in [0.25, 0.3) is 0 Å². The topological polar surface area (TPSA) is 70.4 Å². The largest absolute Gasteiger partial charge is 0.379 e. The van der Waals surface area contributed by atoms with E-state index in [0.717, 1.165) is 17.7 Å². The van der Waals surface area contributed by atoms with Crippen molar-refractivity contribution < 1.29 is 18.7 Å². The third-order valence-electron chi connectivity index (χ3n) is 4.57. The number of halogens is 2. The van der Waals surface area contributed by atoms with Gasteiger partial charge in [0.1, 0.15) is 0 Å². The summed E-state index contributed by atoms with van der Waals surface area (Å²) < 4.78 is 28.1. The van der Waals surface area contributed by atoms with Gasteiger partial charge in [0, 0.05) is 45.0 Å². The van der Waals surface area contributed by atoms with Crippen molar-refractivity contribution in [2.45, 2.75) is 31.5 Å². The Morgan fingerprint density at radius 2 is 2.12 bits per heavy atom. The fourth-order valence-electron chi connectivity index (χ4n) is 3.22. The quantitative estimate of drug-likeness (QED) is 0.812. The summed E-state index contributed by atoms with van der Waals surface area (Å²) in [5.74, 6) is -2.26. The molecule has 3 rings (SSSR count). The van der Waals surface area contributed by atoms with E-state index in [1.807, 2.05) is 13.2 Å². The second kappa shape index (κ2) is 7.51. The van der Waals surface area contributed by atoms with Crippen LogP contribution in [0.3, 0.4) is 0 Å². The number of benzene rings is 1. The molecule has 1 unspecified atom stereocenters. The third kappa shape index (κ3) is 4.08. The molecule has 140 valence electrons. The number of hydrogen-bond acceptors (Lipinski definition) is 4. The highest BCUT2D eigenvalue weighted by Gasteiger charge is 2.41. The highest BCUT2D eigenvalue weighted by molar-refractivity contribution is 5.86. The van der Waals surface area contributed by atoms with Crippen molar-refractivity contribution in [1.29, 1.82) is 0 Å². The van der Waals surface area contributed by atoms with E-state index in [-0.39, 0.29) is 13.1 Å². The van der Waals surface area contributed by atoms with E-state index < -0.39 is 23.1 Å². The first-order valence-electron chi connectivity index (χ1n) is 8.51. The lowest BCUT2D eigenvalue weighted by molar-refractivity contribution is -0.157. The number of likely N-dealkylation sites (tertiary alicyclic amines) is 1. The van der Waals surface area contributed by atoms with E-state index in [1.54, 1.807) is 10.9 Å². The first-order valence-corrected chi connectivity index (χ1v) is 8.51. The first kappa shape index (κ1) is 18.5. The van der Waals surface area contributed by atoms with Crippen molar-refractivity contribution in [2.75, 3.05) is 13.1 Å². The van der Waals surface area contributed by atoms with E-state index in [9.17, 15) is 18.7 Å². The van der Waals surface area contributed by atoms with Crippen molar-refractivity contribution in [3.63, 3.8) is 0 Å². The second-order valence-electron chi connectivity index (χ2n) is 6.74. The molecule has 1 amide bonds. The zero-order chi connectivity index (χ0) is 18.7. The summed E-state index contributed by atoms with van der Waals surface area (Å²) in [6.07, 6.45) is 4.57. The summed E-state index contributed by atoms with van der Waals surface area (Å²) in [4.78, 5) is 14.2. The number of carbonyl (C=O) groups is 1. The predicted molar refractivity (Wildman–Crippen MR) is 90.9 cm³/mol. The van der Waals surface area contributed by atoms with Gasteiger partial charge in [0.25, 0.3) is 5.91 Å². The minimum absolute atomic E-state index is 0.120. The molecular formula is C18H22F2N4O2. The number of amides is 1. The summed E-state index contributed by atoms with van der Waals surface area (Å²) in [5.41, 5.74) is -0.0539. The van der Waals surface area contributed by atoms with E-state index >= 15 is 0 Å². The van der Waals surface area contributed by atoms with Crippen molar-refractivity contribution in [3.8, 4) is 0 Å². The second-order valence-corrected chi connectivity index (χ2v) is 6.74. The van der Waals surface area contributed by atoms with E-state index in [4.69, 9.17) is 0 Å². The zero-order valence-corrected chi connectivity index (χ0v) is 14.6. The van der Waals surface area contributed by atoms with Crippen LogP contribution >= 0.6 is 0 Å². The maximum Gasteiger partial charge on any atom is 0.256 e. The van der Waals surface area contributed by atoms with Crippen LogP contribution in [0.15, 0.2) is 30.6 Å². The summed E-state index contributed by atoms with van der Waals surface area (Å²) in [7, 11) is 1.82. The summed E-state index contributed by atoms with van der Waals surface area (Å²) in [5, 5.41) is 17.9. The van der Waals surface area contributed by atoms with Crippen LogP contribution in [0.5, 0.6) is 0 Å². The van der Waals surface area contributed by atoms with Gasteiger partial charge in [-0.3, -0.25) is 9.48 Å². The molecule has 1 aliphatic rings. The van der Waals surface area contributed by atoms with E-state index in [1.165, 1.54) is 11.0 Å². The predicted octanol–water partition coefficient (Wildman–Crippen LogP) is 1.34. The number of carbonyl (C=O) groups excluding carboxylic acids is 1. The first-order chi connectivity index (χ1) is 12.4. The Balaban J connectivity index is 1.61. The van der Waals surface area contributed by atoms with Gasteiger partial charge in [-0.15, -0.1) is 0 Å². The van der Waals surface area contributed by atoms with Gasteiger partial charge in [0.15, 0.2) is 17.2 Å². The van der Waals surface area contributed by atoms with Crippen LogP contribution in [0, 0.1) is 11.6 Å². The van der Waals surface area contributed by atoms with Crippen molar-refractivity contribution >= 4 is 5.91 Å². The summed E-state index contributed by atoms with van der Waals surface area (Å²) in [6, 6.07) is 3.57. The number of rotatable bonds is 6. The third-order valence-corrected chi connectivity index (χ3v) is 4.57. The SMILES string of the molecule is Cn1cc(CNCC2(O)CCCN(Cc3ccc(F)c(F)c3)C2=O)cn1. The lowest BCUT2D eigenvalue weighted by Gasteiger charge is -2.38. The molecule has 2 heterocycles. The minimum atomic E-state index is -1.50. The number of nitrogens with one attached hydrogen (secondary N) is 1. The van der Waals surface area contributed by atoms with Crippen LogP contribution in [-0.2, 0) is 24.9 Å². The molecule has 2 aromatic rings. The van der Waals surface area contributed by atoms with Crippen LogP contribution in [0.2, 0.25) is 0 Å². The molecule has 1 aromatic heterocycles. The molecule has 1 aliphatic heterocycles. The zero-order valence-electron chi connectivity index (χ0n) is 14.6. The summed E-state index contributed by atoms with van der Waals surface area (Å²) in [6.45, 7) is 1.23. The van der Waals surface area contributed by atoms with Crippen molar-refractivity contribution in [3.05, 3.63) is 53.4 Å². The van der Waals surface area contributed by atoms with Crippen LogP contribution in [0.4, 0.5) is 8.78 Å². The van der Waals surface area contributed by atoms with Crippen LogP contribution in [-0.4, -0.2) is 44.4 Å². The molecule has 2 N–H and O–H groups in total. The lowest BCUT2D eigenvalue weighted by Crippen LogP contribution is -2.57. The maximum atomic E-state index is 13.4. The molecule has 1 atom stereocenters. The highest BCUT2D eigenvalue weighted by atomic mass is 19.2. The molecule has 8 heteroatoms. The number of hydrogen-bond donors (Lipinski definition) is 2. The van der Waals surface area contributed by atoms with Gasteiger partial charge in [0.2, 0.25) is 0 Å². The van der Waals surface area contributed by atoms with Gasteiger partial charge in [-0.05, 0) is 30.5 Å². The molecule has 0 aliphatic carbocycles. The van der Waals surface area contributed by atoms with Gasteiger partial charge in [-0.2, -0.15) is 5.10 Å². The fraction of sp³-hybridized carbons (Fsp3) is 0.444. The fourth-order valence-corrected chi connectivity index (χ4v) is 3.22. The molecule has 0 bridgehead atoms. The number of piperidine rings is 1. The lowest BCUT2D eigenvalue weighted by atomic mass is 9.91. The normalized spacial score (nSPS) is 20.6. The van der Waals surface area contributed by atoms with Gasteiger partial charge in [-0.1, -0.05) is 6.07 Å². The van der Waals surface area contributed by atoms with Crippen LogP contribution < -0.4 is 5.32 Å². The van der Waals surface area contributed by atoms with Crippen LogP contribution in [0.1, 0.15) is 24.0 Å². The Labute approximate surface area is 150 Å². The van der Waals surface area contributed by atoms with Gasteiger partial charge in [-0.25, -0.2) is 8.78 Å². The molecular weight excluding hydrogens is 342 g/mol. The number of aliphatic hydroxyl groups is 1. The summed E-state index contributed by atoms with van der Waals surface area (Å²) >= 11 is 0. The van der Waals surface area contributed by atoms with Gasteiger partial charge in [0.05, 0.1) is 6.20 Å². The Kier molecular flexibility index (Phi) is 5.33. The number of aromatic nitrogens is 2. The Morgan fingerprint density at radius 3 is 2.81 bits per heavy atom. The Hall–Kier alpha value is -2.32.